The molecule has 0 radical (unpaired) electrons. The largest absolute Gasteiger partial charge is 0.466 e. The molecule has 3 rings (SSSR count). The number of pyridine rings is 1. The molecular formula is C18H20F3N3O2. The molecule has 0 atom stereocenters. The van der Waals surface area contributed by atoms with Gasteiger partial charge in [-0.2, -0.15) is 13.2 Å². The Labute approximate surface area is 149 Å². The summed E-state index contributed by atoms with van der Waals surface area (Å²) in [5.74, 6) is 1.69. The summed E-state index contributed by atoms with van der Waals surface area (Å²) < 4.78 is 43.4. The number of aryl methyl sites for hydroxylation is 2. The lowest BCUT2D eigenvalue weighted by Gasteiger charge is -2.23. The van der Waals surface area contributed by atoms with Crippen LogP contribution in [0, 0.1) is 13.8 Å². The highest BCUT2D eigenvalue weighted by atomic mass is 19.4. The van der Waals surface area contributed by atoms with E-state index in [4.69, 9.17) is 4.42 Å². The lowest BCUT2D eigenvalue weighted by molar-refractivity contribution is -0.137. The van der Waals surface area contributed by atoms with Crippen LogP contribution in [0.3, 0.4) is 0 Å². The van der Waals surface area contributed by atoms with Gasteiger partial charge in [0.25, 0.3) is 5.91 Å². The normalized spacial score (nSPS) is 15.9. The number of alkyl halides is 3. The topological polar surface area (TPSA) is 49.6 Å². The molecule has 1 amide bonds. The average Bonchev–Trinajstić information content (AvgIpc) is 2.79. The molecule has 5 nitrogen and oxygen atoms in total. The summed E-state index contributed by atoms with van der Waals surface area (Å²) in [4.78, 5) is 20.3. The van der Waals surface area contributed by atoms with Gasteiger partial charge in [-0.3, -0.25) is 4.79 Å². The van der Waals surface area contributed by atoms with Gasteiger partial charge in [-0.25, -0.2) is 4.98 Å². The first kappa shape index (κ1) is 18.3. The van der Waals surface area contributed by atoms with E-state index in [1.165, 1.54) is 6.07 Å². The molecule has 0 N–H and O–H groups in total. The highest BCUT2D eigenvalue weighted by molar-refractivity contribution is 5.95. The fourth-order valence-corrected chi connectivity index (χ4v) is 3.10. The number of anilines is 1. The van der Waals surface area contributed by atoms with E-state index in [0.29, 0.717) is 55.5 Å². The van der Waals surface area contributed by atoms with E-state index in [0.717, 1.165) is 12.3 Å². The lowest BCUT2D eigenvalue weighted by Crippen LogP contribution is -2.35. The van der Waals surface area contributed by atoms with Crippen molar-refractivity contribution in [2.24, 2.45) is 0 Å². The number of aromatic nitrogens is 1. The first-order chi connectivity index (χ1) is 12.3. The Kier molecular flexibility index (Phi) is 4.93. The van der Waals surface area contributed by atoms with Crippen molar-refractivity contribution in [3.8, 4) is 0 Å². The third kappa shape index (κ3) is 3.84. The Morgan fingerprint density at radius 3 is 2.50 bits per heavy atom. The molecule has 1 saturated heterocycles. The highest BCUT2D eigenvalue weighted by Crippen LogP contribution is 2.29. The Morgan fingerprint density at radius 2 is 1.92 bits per heavy atom. The Balaban J connectivity index is 1.68. The van der Waals surface area contributed by atoms with Crippen molar-refractivity contribution in [3.63, 3.8) is 0 Å². The van der Waals surface area contributed by atoms with Gasteiger partial charge in [0, 0.05) is 32.4 Å². The van der Waals surface area contributed by atoms with E-state index in [-0.39, 0.29) is 5.91 Å². The van der Waals surface area contributed by atoms with Crippen molar-refractivity contribution in [2.75, 3.05) is 31.1 Å². The van der Waals surface area contributed by atoms with Crippen LogP contribution in [-0.4, -0.2) is 42.0 Å². The second kappa shape index (κ2) is 7.01. The van der Waals surface area contributed by atoms with Gasteiger partial charge in [0.15, 0.2) is 0 Å². The van der Waals surface area contributed by atoms with Crippen LogP contribution >= 0.6 is 0 Å². The quantitative estimate of drug-likeness (QED) is 0.813. The number of hydrogen-bond acceptors (Lipinski definition) is 4. The minimum absolute atomic E-state index is 0.0819. The molecular weight excluding hydrogens is 347 g/mol. The molecule has 140 valence electrons. The molecule has 1 aliphatic heterocycles. The predicted octanol–water partition coefficient (Wildman–Crippen LogP) is 3.66. The lowest BCUT2D eigenvalue weighted by atomic mass is 10.2. The van der Waals surface area contributed by atoms with Crippen LogP contribution in [0.4, 0.5) is 19.0 Å². The molecule has 26 heavy (non-hydrogen) atoms. The summed E-state index contributed by atoms with van der Waals surface area (Å²) in [6.45, 7) is 5.76. The van der Waals surface area contributed by atoms with Crippen LogP contribution in [0.25, 0.3) is 0 Å². The molecule has 3 heterocycles. The molecule has 0 saturated carbocycles. The van der Waals surface area contributed by atoms with Crippen molar-refractivity contribution in [3.05, 3.63) is 47.0 Å². The standard InChI is InChI=1S/C18H20F3N3O2/c1-12-10-15(13(2)26-12)17(25)24-7-3-6-23(8-9-24)16-5-4-14(11-22-16)18(19,20)21/h4-5,10-11H,3,6-9H2,1-2H3. The van der Waals surface area contributed by atoms with E-state index in [1.54, 1.807) is 24.8 Å². The molecule has 1 fully saturated rings. The van der Waals surface area contributed by atoms with Crippen LogP contribution in [0.1, 0.15) is 33.9 Å². The number of nitrogens with zero attached hydrogens (tertiary/aromatic N) is 3. The minimum Gasteiger partial charge on any atom is -0.466 e. The van der Waals surface area contributed by atoms with E-state index in [1.807, 2.05) is 4.90 Å². The van der Waals surface area contributed by atoms with Crippen LogP contribution < -0.4 is 4.90 Å². The molecule has 0 spiro atoms. The molecule has 1 aliphatic rings. The first-order valence-corrected chi connectivity index (χ1v) is 8.40. The number of hydrogen-bond donors (Lipinski definition) is 0. The van der Waals surface area contributed by atoms with Gasteiger partial charge in [-0.1, -0.05) is 0 Å². The molecule has 2 aromatic heterocycles. The summed E-state index contributed by atoms with van der Waals surface area (Å²) in [5, 5.41) is 0. The van der Waals surface area contributed by atoms with Gasteiger partial charge in [0.2, 0.25) is 0 Å². The maximum atomic E-state index is 12.7. The monoisotopic (exact) mass is 367 g/mol. The first-order valence-electron chi connectivity index (χ1n) is 8.40. The average molecular weight is 367 g/mol. The van der Waals surface area contributed by atoms with E-state index in [9.17, 15) is 18.0 Å². The molecule has 0 aliphatic carbocycles. The third-order valence-electron chi connectivity index (χ3n) is 4.45. The van der Waals surface area contributed by atoms with Gasteiger partial charge in [0.05, 0.1) is 11.1 Å². The minimum atomic E-state index is -4.39. The summed E-state index contributed by atoms with van der Waals surface area (Å²) in [6.07, 6.45) is -2.83. The Morgan fingerprint density at radius 1 is 1.15 bits per heavy atom. The molecule has 0 bridgehead atoms. The number of rotatable bonds is 2. The second-order valence-electron chi connectivity index (χ2n) is 6.36. The van der Waals surface area contributed by atoms with Gasteiger partial charge in [-0.05, 0) is 38.5 Å². The fourth-order valence-electron chi connectivity index (χ4n) is 3.10. The molecule has 0 unspecified atom stereocenters. The number of furan rings is 1. The fraction of sp³-hybridized carbons (Fsp3) is 0.444. The van der Waals surface area contributed by atoms with E-state index in [2.05, 4.69) is 4.98 Å². The smallest absolute Gasteiger partial charge is 0.417 e. The van der Waals surface area contributed by atoms with Crippen LogP contribution in [0.5, 0.6) is 0 Å². The van der Waals surface area contributed by atoms with Crippen LogP contribution in [-0.2, 0) is 6.18 Å². The van der Waals surface area contributed by atoms with Crippen LogP contribution in [0.15, 0.2) is 28.8 Å². The molecule has 8 heteroatoms. The van der Waals surface area contributed by atoms with Crippen molar-refractivity contribution in [2.45, 2.75) is 26.4 Å². The Bertz CT molecular complexity index is 784. The zero-order chi connectivity index (χ0) is 18.9. The summed E-state index contributed by atoms with van der Waals surface area (Å²) in [5.41, 5.74) is -0.206. The highest BCUT2D eigenvalue weighted by Gasteiger charge is 2.31. The maximum Gasteiger partial charge on any atom is 0.417 e. The van der Waals surface area contributed by atoms with Crippen molar-refractivity contribution in [1.29, 1.82) is 0 Å². The summed E-state index contributed by atoms with van der Waals surface area (Å²) >= 11 is 0. The third-order valence-corrected chi connectivity index (χ3v) is 4.45. The van der Waals surface area contributed by atoms with Crippen molar-refractivity contribution in [1.82, 2.24) is 9.88 Å². The number of carbonyl (C=O) groups excluding carboxylic acids is 1. The van der Waals surface area contributed by atoms with Crippen molar-refractivity contribution >= 4 is 11.7 Å². The molecule has 0 aromatic carbocycles. The number of carbonyl (C=O) groups is 1. The van der Waals surface area contributed by atoms with Gasteiger partial charge in [-0.15, -0.1) is 0 Å². The van der Waals surface area contributed by atoms with E-state index >= 15 is 0 Å². The van der Waals surface area contributed by atoms with Crippen LogP contribution in [0.2, 0.25) is 0 Å². The maximum absolute atomic E-state index is 12.7. The number of amides is 1. The second-order valence-corrected chi connectivity index (χ2v) is 6.36. The zero-order valence-corrected chi connectivity index (χ0v) is 14.6. The van der Waals surface area contributed by atoms with Gasteiger partial charge < -0.3 is 14.2 Å². The summed E-state index contributed by atoms with van der Waals surface area (Å²) in [6, 6.07) is 4.15. The molecule has 2 aromatic rings. The van der Waals surface area contributed by atoms with Crippen molar-refractivity contribution < 1.29 is 22.4 Å². The van der Waals surface area contributed by atoms with E-state index < -0.39 is 11.7 Å². The zero-order valence-electron chi connectivity index (χ0n) is 14.6. The summed E-state index contributed by atoms with van der Waals surface area (Å²) in [7, 11) is 0. The number of halogens is 3. The van der Waals surface area contributed by atoms with Gasteiger partial charge in [0.1, 0.15) is 17.3 Å². The Hall–Kier alpha value is -2.51. The SMILES string of the molecule is Cc1cc(C(=O)N2CCCN(c3ccc(C(F)(F)F)cn3)CC2)c(C)o1. The predicted molar refractivity (Wildman–Crippen MR) is 90.2 cm³/mol. The van der Waals surface area contributed by atoms with Gasteiger partial charge >= 0.3 is 6.18 Å².